The van der Waals surface area contributed by atoms with E-state index in [4.69, 9.17) is 0 Å². The summed E-state index contributed by atoms with van der Waals surface area (Å²) in [6.45, 7) is 0.900. The van der Waals surface area contributed by atoms with E-state index in [9.17, 15) is 29.7 Å². The van der Waals surface area contributed by atoms with Crippen LogP contribution in [0.4, 0.5) is 0 Å². The average molecular weight is 418 g/mol. The molecule has 4 rings (SSSR count). The molecule has 3 aromatic heterocycles. The van der Waals surface area contributed by atoms with Gasteiger partial charge in [0.2, 0.25) is 5.91 Å². The van der Waals surface area contributed by atoms with Gasteiger partial charge in [-0.2, -0.15) is 5.10 Å². The Bertz CT molecular complexity index is 1160. The van der Waals surface area contributed by atoms with Crippen molar-refractivity contribution in [3.8, 4) is 5.75 Å². The Hall–Kier alpha value is -3.18. The topological polar surface area (TPSA) is 138 Å². The number of hydrogen-bond acceptors (Lipinski definition) is 7. The number of nitrogens with zero attached hydrogens (tertiary/aromatic N) is 4. The van der Waals surface area contributed by atoms with Crippen LogP contribution >= 0.6 is 11.3 Å². The van der Waals surface area contributed by atoms with E-state index < -0.39 is 28.9 Å². The molecular weight excluding hydrogens is 400 g/mol. The number of carbonyl (C=O) groups excluding carboxylic acids is 1. The third-order valence-electron chi connectivity index (χ3n) is 4.90. The van der Waals surface area contributed by atoms with Crippen molar-refractivity contribution >= 4 is 33.4 Å². The second-order valence-electron chi connectivity index (χ2n) is 6.88. The maximum absolute atomic E-state index is 12.5. The van der Waals surface area contributed by atoms with E-state index in [0.29, 0.717) is 35.3 Å². The molecule has 0 spiro atoms. The monoisotopic (exact) mass is 418 g/mol. The smallest absolute Gasteiger partial charge is 0.341 e. The molecule has 1 atom stereocenters. The number of aromatic nitrogens is 3. The summed E-state index contributed by atoms with van der Waals surface area (Å²) in [5.74, 6) is -2.32. The third-order valence-corrected chi connectivity index (χ3v) is 5.82. The maximum atomic E-state index is 12.5. The van der Waals surface area contributed by atoms with Gasteiger partial charge in [-0.25, -0.2) is 4.79 Å². The predicted molar refractivity (Wildman–Crippen MR) is 103 cm³/mol. The molecule has 29 heavy (non-hydrogen) atoms. The number of fused-ring (bicyclic) bond motifs is 1. The highest BCUT2D eigenvalue weighted by Gasteiger charge is 2.25. The van der Waals surface area contributed by atoms with Gasteiger partial charge in [0.1, 0.15) is 12.1 Å². The molecule has 1 fully saturated rings. The maximum Gasteiger partial charge on any atom is 0.341 e. The van der Waals surface area contributed by atoms with Crippen molar-refractivity contribution in [2.75, 3.05) is 13.1 Å². The summed E-state index contributed by atoms with van der Waals surface area (Å²) >= 11 is 1.13. The van der Waals surface area contributed by atoms with Crippen molar-refractivity contribution in [1.29, 1.82) is 0 Å². The number of likely N-dealkylation sites (tertiary alicyclic amines) is 1. The summed E-state index contributed by atoms with van der Waals surface area (Å²) in [7, 11) is 0. The number of aromatic carboxylic acids is 1. The van der Waals surface area contributed by atoms with E-state index in [2.05, 4.69) is 5.10 Å². The number of aliphatic hydroxyl groups is 1. The van der Waals surface area contributed by atoms with Crippen molar-refractivity contribution in [2.24, 2.45) is 0 Å². The standard InChI is InChI=1S/C18H18N4O6S/c23-11-1-3-20(8-11)13(24)9-21-6-10(5-19-21)7-22-12-2-4-29-16(12)14(18(27)28)15(25)17(22)26/h2,4-6,11,23,25H,1,3,7-9H2,(H,27,28)/t11-/m0/s1. The van der Waals surface area contributed by atoms with Crippen LogP contribution in [0.5, 0.6) is 5.75 Å². The first-order valence-corrected chi connectivity index (χ1v) is 9.76. The van der Waals surface area contributed by atoms with Crippen LogP contribution in [-0.2, 0) is 17.9 Å². The first kappa shape index (κ1) is 19.2. The molecule has 1 aliphatic heterocycles. The van der Waals surface area contributed by atoms with Gasteiger partial charge in [-0.05, 0) is 17.9 Å². The van der Waals surface area contributed by atoms with Gasteiger partial charge in [-0.1, -0.05) is 0 Å². The van der Waals surface area contributed by atoms with E-state index >= 15 is 0 Å². The molecule has 3 N–H and O–H groups in total. The van der Waals surface area contributed by atoms with Gasteiger partial charge < -0.3 is 20.2 Å². The lowest BCUT2D eigenvalue weighted by atomic mass is 10.2. The zero-order valence-corrected chi connectivity index (χ0v) is 16.0. The minimum atomic E-state index is -1.36. The largest absolute Gasteiger partial charge is 0.502 e. The molecule has 0 saturated carbocycles. The Morgan fingerprint density at radius 2 is 2.14 bits per heavy atom. The molecule has 0 aromatic carbocycles. The minimum absolute atomic E-state index is 0.0126. The highest BCUT2D eigenvalue weighted by molar-refractivity contribution is 7.17. The number of carboxylic acid groups (broad SMARTS) is 1. The van der Waals surface area contributed by atoms with E-state index in [1.165, 1.54) is 15.4 Å². The van der Waals surface area contributed by atoms with Gasteiger partial charge in [0, 0.05) is 24.8 Å². The molecule has 0 bridgehead atoms. The molecule has 3 aromatic rings. The lowest BCUT2D eigenvalue weighted by molar-refractivity contribution is -0.131. The van der Waals surface area contributed by atoms with Crippen LogP contribution in [0.3, 0.4) is 0 Å². The van der Waals surface area contributed by atoms with Gasteiger partial charge in [-0.15, -0.1) is 11.3 Å². The summed E-state index contributed by atoms with van der Waals surface area (Å²) in [6.07, 6.45) is 3.20. The number of carbonyl (C=O) groups is 2. The van der Waals surface area contributed by atoms with E-state index in [-0.39, 0.29) is 19.0 Å². The van der Waals surface area contributed by atoms with Crippen LogP contribution < -0.4 is 5.56 Å². The van der Waals surface area contributed by atoms with Gasteiger partial charge in [0.25, 0.3) is 5.56 Å². The number of hydrogen-bond donors (Lipinski definition) is 3. The Kier molecular flexibility index (Phi) is 4.84. The van der Waals surface area contributed by atoms with Crippen molar-refractivity contribution in [1.82, 2.24) is 19.2 Å². The molecule has 10 nitrogen and oxygen atoms in total. The van der Waals surface area contributed by atoms with Crippen LogP contribution in [0.25, 0.3) is 10.2 Å². The normalized spacial score (nSPS) is 16.6. The molecule has 1 saturated heterocycles. The first-order chi connectivity index (χ1) is 13.8. The Morgan fingerprint density at radius 3 is 2.83 bits per heavy atom. The summed E-state index contributed by atoms with van der Waals surface area (Å²) in [4.78, 5) is 37.8. The molecule has 11 heteroatoms. The second kappa shape index (κ2) is 7.33. The summed E-state index contributed by atoms with van der Waals surface area (Å²) in [6, 6.07) is 1.62. The Labute approximate surface area is 167 Å². The Balaban J connectivity index is 1.59. The highest BCUT2D eigenvalue weighted by Crippen LogP contribution is 2.29. The number of rotatable bonds is 5. The summed E-state index contributed by atoms with van der Waals surface area (Å²) < 4.78 is 3.04. The summed E-state index contributed by atoms with van der Waals surface area (Å²) in [5, 5.41) is 34.8. The van der Waals surface area contributed by atoms with Gasteiger partial charge in [-0.3, -0.25) is 18.8 Å². The van der Waals surface area contributed by atoms with Crippen molar-refractivity contribution in [3.63, 3.8) is 0 Å². The predicted octanol–water partition coefficient (Wildman–Crippen LogP) is 0.305. The quantitative estimate of drug-likeness (QED) is 0.542. The van der Waals surface area contributed by atoms with E-state index in [1.54, 1.807) is 22.5 Å². The van der Waals surface area contributed by atoms with Gasteiger partial charge in [0.15, 0.2) is 5.75 Å². The zero-order chi connectivity index (χ0) is 20.7. The third kappa shape index (κ3) is 3.49. The molecule has 1 amide bonds. The van der Waals surface area contributed by atoms with Crippen molar-refractivity contribution in [3.05, 3.63) is 45.3 Å². The molecule has 4 heterocycles. The highest BCUT2D eigenvalue weighted by atomic mass is 32.1. The van der Waals surface area contributed by atoms with Crippen LogP contribution in [0, 0.1) is 0 Å². The molecular formula is C18H18N4O6S. The average Bonchev–Trinajstić information content (AvgIpc) is 3.40. The molecule has 0 aliphatic carbocycles. The number of β-amino-alcohol motifs (C(OH)–C–C–N with tert-alkyl or cyclic N) is 1. The number of carboxylic acids is 1. The van der Waals surface area contributed by atoms with Crippen LogP contribution in [-0.4, -0.2) is 65.6 Å². The fourth-order valence-electron chi connectivity index (χ4n) is 3.47. The number of pyridine rings is 1. The molecule has 0 unspecified atom stereocenters. The number of aromatic hydroxyl groups is 1. The van der Waals surface area contributed by atoms with E-state index in [1.807, 2.05) is 0 Å². The molecule has 1 aliphatic rings. The van der Waals surface area contributed by atoms with Crippen molar-refractivity contribution in [2.45, 2.75) is 25.6 Å². The van der Waals surface area contributed by atoms with Crippen LogP contribution in [0.15, 0.2) is 28.6 Å². The lowest BCUT2D eigenvalue weighted by Crippen LogP contribution is -2.32. The van der Waals surface area contributed by atoms with Crippen LogP contribution in [0.2, 0.25) is 0 Å². The number of thiophene rings is 1. The lowest BCUT2D eigenvalue weighted by Gasteiger charge is -2.15. The number of amides is 1. The SMILES string of the molecule is O=C(O)c1c(O)c(=O)n(Cc2cnn(CC(=O)N3CC[C@H](O)C3)c2)c2ccsc12. The van der Waals surface area contributed by atoms with Gasteiger partial charge in [0.05, 0.1) is 29.1 Å². The molecule has 0 radical (unpaired) electrons. The van der Waals surface area contributed by atoms with E-state index in [0.717, 1.165) is 11.3 Å². The Morgan fingerprint density at radius 1 is 1.34 bits per heavy atom. The first-order valence-electron chi connectivity index (χ1n) is 8.88. The van der Waals surface area contributed by atoms with Crippen LogP contribution in [0.1, 0.15) is 22.3 Å². The zero-order valence-electron chi connectivity index (χ0n) is 15.2. The van der Waals surface area contributed by atoms with Crippen molar-refractivity contribution < 1.29 is 24.9 Å². The fraction of sp³-hybridized carbons (Fsp3) is 0.333. The van der Waals surface area contributed by atoms with Gasteiger partial charge >= 0.3 is 5.97 Å². The summed E-state index contributed by atoms with van der Waals surface area (Å²) in [5.41, 5.74) is -0.171. The number of aliphatic hydroxyl groups excluding tert-OH is 1. The minimum Gasteiger partial charge on any atom is -0.502 e. The molecule has 152 valence electrons. The fourth-order valence-corrected chi connectivity index (χ4v) is 4.41. The second-order valence-corrected chi connectivity index (χ2v) is 7.80.